The lowest BCUT2D eigenvalue weighted by molar-refractivity contribution is -0.120. The number of rotatable bonds is 3. The van der Waals surface area contributed by atoms with Gasteiger partial charge >= 0.3 is 0 Å². The van der Waals surface area contributed by atoms with Crippen LogP contribution in [0.5, 0.6) is 0 Å². The molecule has 4 nitrogen and oxygen atoms in total. The number of H-pyrrole nitrogens is 1. The number of nitrogens with zero attached hydrogens (tertiary/aromatic N) is 1. The molecular weight excluding hydrogens is 310 g/mol. The van der Waals surface area contributed by atoms with Crippen molar-refractivity contribution in [3.63, 3.8) is 0 Å². The highest BCUT2D eigenvalue weighted by Crippen LogP contribution is 2.29. The minimum Gasteiger partial charge on any atom is -0.308 e. The maximum absolute atomic E-state index is 12.5. The monoisotopic (exact) mass is 333 g/mol. The minimum atomic E-state index is 0.107. The summed E-state index contributed by atoms with van der Waals surface area (Å²) in [5.41, 5.74) is 4.51. The van der Waals surface area contributed by atoms with Gasteiger partial charge < -0.3 is 5.32 Å². The van der Waals surface area contributed by atoms with Crippen LogP contribution >= 0.6 is 0 Å². The first-order chi connectivity index (χ1) is 12.2. The van der Waals surface area contributed by atoms with Gasteiger partial charge in [-0.1, -0.05) is 55.2 Å². The molecule has 0 spiro atoms. The number of amides is 1. The smallest absolute Gasteiger partial charge is 0.228 e. The fraction of sp³-hybridized carbons (Fsp3) is 0.333. The number of benzene rings is 2. The zero-order valence-electron chi connectivity index (χ0n) is 14.5. The molecule has 2 N–H and O–H groups in total. The summed E-state index contributed by atoms with van der Waals surface area (Å²) in [5.74, 6) is 0.879. The predicted octanol–water partition coefficient (Wildman–Crippen LogP) is 5.06. The number of aromatic nitrogens is 2. The molecule has 0 saturated heterocycles. The van der Waals surface area contributed by atoms with Gasteiger partial charge in [0.15, 0.2) is 5.82 Å². The van der Waals surface area contributed by atoms with Crippen molar-refractivity contribution in [1.82, 2.24) is 10.2 Å². The van der Waals surface area contributed by atoms with Gasteiger partial charge in [-0.3, -0.25) is 9.89 Å². The van der Waals surface area contributed by atoms with Gasteiger partial charge in [0.25, 0.3) is 0 Å². The average molecular weight is 333 g/mol. The largest absolute Gasteiger partial charge is 0.308 e. The molecule has 0 atom stereocenters. The molecule has 0 radical (unpaired) electrons. The molecular formula is C21H23N3O. The Labute approximate surface area is 147 Å². The summed E-state index contributed by atoms with van der Waals surface area (Å²) >= 11 is 0. The predicted molar refractivity (Wildman–Crippen MR) is 101 cm³/mol. The van der Waals surface area contributed by atoms with Crippen molar-refractivity contribution in [3.05, 3.63) is 48.0 Å². The standard InChI is InChI=1S/C21H23N3O/c1-14-7-9-15(10-8-14)17-11-12-18-19(13-17)23-24-20(18)22-21(25)16-5-3-2-4-6-16/h7-13,16H,2-6H2,1H3,(H2,22,23,24,25). The maximum Gasteiger partial charge on any atom is 0.228 e. The third-order valence-electron chi connectivity index (χ3n) is 5.17. The topological polar surface area (TPSA) is 57.8 Å². The van der Waals surface area contributed by atoms with Crippen LogP contribution in [-0.2, 0) is 4.79 Å². The van der Waals surface area contributed by atoms with E-state index in [0.29, 0.717) is 5.82 Å². The van der Waals surface area contributed by atoms with Crippen molar-refractivity contribution in [2.45, 2.75) is 39.0 Å². The first-order valence-corrected chi connectivity index (χ1v) is 9.07. The van der Waals surface area contributed by atoms with Gasteiger partial charge in [-0.05, 0) is 43.0 Å². The van der Waals surface area contributed by atoms with E-state index < -0.39 is 0 Å². The summed E-state index contributed by atoms with van der Waals surface area (Å²) in [4.78, 5) is 12.5. The van der Waals surface area contributed by atoms with E-state index in [9.17, 15) is 4.79 Å². The fourth-order valence-electron chi connectivity index (χ4n) is 3.62. The highest BCUT2D eigenvalue weighted by Gasteiger charge is 2.22. The molecule has 1 heterocycles. The second kappa shape index (κ2) is 6.71. The summed E-state index contributed by atoms with van der Waals surface area (Å²) in [5, 5.41) is 11.4. The molecule has 0 unspecified atom stereocenters. The van der Waals surface area contributed by atoms with Crippen LogP contribution in [0.2, 0.25) is 0 Å². The van der Waals surface area contributed by atoms with Gasteiger partial charge in [0.05, 0.1) is 5.52 Å². The van der Waals surface area contributed by atoms with Crippen LogP contribution < -0.4 is 5.32 Å². The molecule has 1 amide bonds. The summed E-state index contributed by atoms with van der Waals surface area (Å²) in [6.07, 6.45) is 5.53. The van der Waals surface area contributed by atoms with Crippen molar-refractivity contribution in [2.24, 2.45) is 5.92 Å². The SMILES string of the molecule is Cc1ccc(-c2ccc3c(NC(=O)C4CCCCC4)n[nH]c3c2)cc1. The number of carbonyl (C=O) groups excluding carboxylic acids is 1. The molecule has 4 heteroatoms. The maximum atomic E-state index is 12.5. The van der Waals surface area contributed by atoms with E-state index in [1.807, 2.05) is 6.07 Å². The number of nitrogens with one attached hydrogen (secondary N) is 2. The third kappa shape index (κ3) is 3.29. The third-order valence-corrected chi connectivity index (χ3v) is 5.17. The Kier molecular flexibility index (Phi) is 4.26. The Balaban J connectivity index is 1.57. The van der Waals surface area contributed by atoms with Crippen LogP contribution in [0, 0.1) is 12.8 Å². The first kappa shape index (κ1) is 15.9. The number of anilines is 1. The lowest BCUT2D eigenvalue weighted by Gasteiger charge is -2.20. The normalized spacial score (nSPS) is 15.4. The van der Waals surface area contributed by atoms with Crippen LogP contribution in [0.3, 0.4) is 0 Å². The van der Waals surface area contributed by atoms with Gasteiger partial charge in [-0.25, -0.2) is 0 Å². The molecule has 128 valence electrons. The van der Waals surface area contributed by atoms with Gasteiger partial charge in [-0.2, -0.15) is 5.10 Å². The second-order valence-corrected chi connectivity index (χ2v) is 7.02. The second-order valence-electron chi connectivity index (χ2n) is 7.02. The van der Waals surface area contributed by atoms with E-state index >= 15 is 0 Å². The van der Waals surface area contributed by atoms with Gasteiger partial charge in [0, 0.05) is 11.3 Å². The van der Waals surface area contributed by atoms with Crippen LogP contribution in [0.1, 0.15) is 37.7 Å². The van der Waals surface area contributed by atoms with Crippen LogP contribution in [-0.4, -0.2) is 16.1 Å². The molecule has 1 aliphatic rings. The van der Waals surface area contributed by atoms with E-state index in [4.69, 9.17) is 0 Å². The Morgan fingerprint density at radius 3 is 2.52 bits per heavy atom. The van der Waals surface area contributed by atoms with E-state index in [-0.39, 0.29) is 11.8 Å². The Morgan fingerprint density at radius 2 is 1.76 bits per heavy atom. The van der Waals surface area contributed by atoms with E-state index in [2.05, 4.69) is 58.8 Å². The van der Waals surface area contributed by atoms with Crippen molar-refractivity contribution >= 4 is 22.6 Å². The number of aromatic amines is 1. The molecule has 1 fully saturated rings. The molecule has 2 aromatic carbocycles. The van der Waals surface area contributed by atoms with E-state index in [1.54, 1.807) is 0 Å². The van der Waals surface area contributed by atoms with Crippen LogP contribution in [0.4, 0.5) is 5.82 Å². The first-order valence-electron chi connectivity index (χ1n) is 9.07. The number of fused-ring (bicyclic) bond motifs is 1. The number of hydrogen-bond acceptors (Lipinski definition) is 2. The molecule has 0 bridgehead atoms. The van der Waals surface area contributed by atoms with E-state index in [0.717, 1.165) is 42.1 Å². The molecule has 4 rings (SSSR count). The zero-order chi connectivity index (χ0) is 17.2. The quantitative estimate of drug-likeness (QED) is 0.704. The van der Waals surface area contributed by atoms with Crippen molar-refractivity contribution < 1.29 is 4.79 Å². The highest BCUT2D eigenvalue weighted by molar-refractivity contribution is 6.01. The summed E-state index contributed by atoms with van der Waals surface area (Å²) < 4.78 is 0. The molecule has 1 saturated carbocycles. The summed E-state index contributed by atoms with van der Waals surface area (Å²) in [6.45, 7) is 2.09. The van der Waals surface area contributed by atoms with E-state index in [1.165, 1.54) is 17.5 Å². The minimum absolute atomic E-state index is 0.107. The zero-order valence-corrected chi connectivity index (χ0v) is 14.5. The molecule has 1 aromatic heterocycles. The lowest BCUT2D eigenvalue weighted by atomic mass is 9.89. The van der Waals surface area contributed by atoms with Crippen LogP contribution in [0.25, 0.3) is 22.0 Å². The van der Waals surface area contributed by atoms with Crippen molar-refractivity contribution in [1.29, 1.82) is 0 Å². The highest BCUT2D eigenvalue weighted by atomic mass is 16.1. The van der Waals surface area contributed by atoms with Gasteiger partial charge in [0.2, 0.25) is 5.91 Å². The number of aryl methyl sites for hydroxylation is 1. The lowest BCUT2D eigenvalue weighted by Crippen LogP contribution is -2.24. The number of hydrogen-bond donors (Lipinski definition) is 2. The van der Waals surface area contributed by atoms with Crippen LogP contribution in [0.15, 0.2) is 42.5 Å². The molecule has 0 aliphatic heterocycles. The number of carbonyl (C=O) groups is 1. The summed E-state index contributed by atoms with van der Waals surface area (Å²) in [6, 6.07) is 14.7. The fourth-order valence-corrected chi connectivity index (χ4v) is 3.62. The Bertz CT molecular complexity index is 889. The molecule has 3 aromatic rings. The Hall–Kier alpha value is -2.62. The molecule has 1 aliphatic carbocycles. The molecule has 25 heavy (non-hydrogen) atoms. The van der Waals surface area contributed by atoms with Crippen molar-refractivity contribution in [2.75, 3.05) is 5.32 Å². The summed E-state index contributed by atoms with van der Waals surface area (Å²) in [7, 11) is 0. The Morgan fingerprint density at radius 1 is 1.04 bits per heavy atom. The van der Waals surface area contributed by atoms with Gasteiger partial charge in [0.1, 0.15) is 0 Å². The average Bonchev–Trinajstić information content (AvgIpc) is 3.05. The van der Waals surface area contributed by atoms with Gasteiger partial charge in [-0.15, -0.1) is 0 Å². The van der Waals surface area contributed by atoms with Crippen molar-refractivity contribution in [3.8, 4) is 11.1 Å².